The van der Waals surface area contributed by atoms with Gasteiger partial charge >= 0.3 is 0 Å². The van der Waals surface area contributed by atoms with Crippen LogP contribution in [0.1, 0.15) is 12.5 Å². The van der Waals surface area contributed by atoms with Crippen LogP contribution in [0, 0.1) is 17.0 Å². The SMILES string of the molecule is Cc1c(NC(C)C(F)F)cccc1[N+](=O)[O-]. The molecule has 1 atom stereocenters. The maximum atomic E-state index is 12.3. The number of anilines is 1. The standard InChI is InChI=1S/C10H12F2N2O2/c1-6-8(13-7(2)10(11)12)4-3-5-9(6)14(15)16/h3-5,7,10,13H,1-2H3. The van der Waals surface area contributed by atoms with Gasteiger partial charge in [0.2, 0.25) is 0 Å². The van der Waals surface area contributed by atoms with Crippen molar-refractivity contribution in [3.8, 4) is 0 Å². The summed E-state index contributed by atoms with van der Waals surface area (Å²) in [5, 5.41) is 13.2. The summed E-state index contributed by atoms with van der Waals surface area (Å²) in [6, 6.07) is 3.31. The average molecular weight is 230 g/mol. The van der Waals surface area contributed by atoms with Crippen LogP contribution in [0.5, 0.6) is 0 Å². The predicted molar refractivity (Wildman–Crippen MR) is 56.9 cm³/mol. The van der Waals surface area contributed by atoms with Crippen molar-refractivity contribution in [3.05, 3.63) is 33.9 Å². The van der Waals surface area contributed by atoms with Gasteiger partial charge in [-0.05, 0) is 19.9 Å². The van der Waals surface area contributed by atoms with Crippen molar-refractivity contribution < 1.29 is 13.7 Å². The Bertz CT molecular complexity index is 396. The average Bonchev–Trinajstić information content (AvgIpc) is 2.20. The Kier molecular flexibility index (Phi) is 3.76. The molecule has 0 aliphatic rings. The summed E-state index contributed by atoms with van der Waals surface area (Å²) < 4.78 is 24.6. The molecule has 0 amide bonds. The van der Waals surface area contributed by atoms with Gasteiger partial charge in [-0.1, -0.05) is 6.07 Å². The maximum absolute atomic E-state index is 12.3. The first-order chi connectivity index (χ1) is 7.43. The molecule has 0 heterocycles. The highest BCUT2D eigenvalue weighted by molar-refractivity contribution is 5.60. The number of nitrogens with zero attached hydrogens (tertiary/aromatic N) is 1. The van der Waals surface area contributed by atoms with Crippen molar-refractivity contribution in [2.75, 3.05) is 5.32 Å². The Balaban J connectivity index is 2.98. The molecule has 6 heteroatoms. The zero-order chi connectivity index (χ0) is 12.3. The highest BCUT2D eigenvalue weighted by atomic mass is 19.3. The van der Waals surface area contributed by atoms with Crippen molar-refractivity contribution in [1.82, 2.24) is 0 Å². The van der Waals surface area contributed by atoms with Crippen LogP contribution in [0.2, 0.25) is 0 Å². The first-order valence-electron chi connectivity index (χ1n) is 4.72. The Hall–Kier alpha value is -1.72. The van der Waals surface area contributed by atoms with E-state index in [9.17, 15) is 18.9 Å². The molecule has 1 aromatic carbocycles. The smallest absolute Gasteiger partial charge is 0.274 e. The summed E-state index contributed by atoms with van der Waals surface area (Å²) >= 11 is 0. The van der Waals surface area contributed by atoms with Crippen LogP contribution in [0.3, 0.4) is 0 Å². The molecule has 16 heavy (non-hydrogen) atoms. The molecule has 0 aliphatic carbocycles. The molecule has 1 unspecified atom stereocenters. The minimum absolute atomic E-state index is 0.0773. The van der Waals surface area contributed by atoms with E-state index in [0.717, 1.165) is 0 Å². The Morgan fingerprint density at radius 1 is 1.44 bits per heavy atom. The van der Waals surface area contributed by atoms with Gasteiger partial charge in [0.25, 0.3) is 12.1 Å². The van der Waals surface area contributed by atoms with Crippen LogP contribution in [-0.4, -0.2) is 17.4 Å². The van der Waals surface area contributed by atoms with Gasteiger partial charge in [0.15, 0.2) is 0 Å². The fourth-order valence-electron chi connectivity index (χ4n) is 1.29. The van der Waals surface area contributed by atoms with E-state index in [1.54, 1.807) is 6.07 Å². The summed E-state index contributed by atoms with van der Waals surface area (Å²) in [4.78, 5) is 10.1. The third-order valence-corrected chi connectivity index (χ3v) is 2.26. The molecule has 0 aromatic heterocycles. The van der Waals surface area contributed by atoms with Crippen molar-refractivity contribution in [3.63, 3.8) is 0 Å². The third kappa shape index (κ3) is 2.65. The van der Waals surface area contributed by atoms with E-state index in [1.807, 2.05) is 0 Å². The van der Waals surface area contributed by atoms with E-state index in [1.165, 1.54) is 26.0 Å². The predicted octanol–water partition coefficient (Wildman–Crippen LogP) is 2.97. The van der Waals surface area contributed by atoms with Gasteiger partial charge in [0, 0.05) is 17.3 Å². The molecule has 88 valence electrons. The van der Waals surface area contributed by atoms with Crippen molar-refractivity contribution in [1.29, 1.82) is 0 Å². The molecular formula is C10H12F2N2O2. The summed E-state index contributed by atoms with van der Waals surface area (Å²) in [6.45, 7) is 2.85. The van der Waals surface area contributed by atoms with E-state index < -0.39 is 17.4 Å². The number of alkyl halides is 2. The molecular weight excluding hydrogens is 218 g/mol. The van der Waals surface area contributed by atoms with E-state index in [0.29, 0.717) is 11.3 Å². The number of nitrogens with one attached hydrogen (secondary N) is 1. The molecule has 0 bridgehead atoms. The second kappa shape index (κ2) is 4.87. The number of nitro groups is 1. The highest BCUT2D eigenvalue weighted by Gasteiger charge is 2.18. The van der Waals surface area contributed by atoms with Crippen LogP contribution >= 0.6 is 0 Å². The van der Waals surface area contributed by atoms with Crippen molar-refractivity contribution >= 4 is 11.4 Å². The lowest BCUT2D eigenvalue weighted by Crippen LogP contribution is -2.24. The fourth-order valence-corrected chi connectivity index (χ4v) is 1.29. The first kappa shape index (κ1) is 12.4. The number of hydrogen-bond donors (Lipinski definition) is 1. The number of nitro benzene ring substituents is 1. The Labute approximate surface area is 91.4 Å². The molecule has 1 aromatic rings. The molecule has 0 fully saturated rings. The molecule has 0 radical (unpaired) electrons. The fraction of sp³-hybridized carbons (Fsp3) is 0.400. The quantitative estimate of drug-likeness (QED) is 0.639. The number of halogens is 2. The van der Waals surface area contributed by atoms with Gasteiger partial charge in [-0.3, -0.25) is 10.1 Å². The minimum Gasteiger partial charge on any atom is -0.376 e. The molecule has 0 saturated heterocycles. The van der Waals surface area contributed by atoms with Crippen LogP contribution in [0.25, 0.3) is 0 Å². The van der Waals surface area contributed by atoms with Gasteiger partial charge in [-0.25, -0.2) is 8.78 Å². The molecule has 4 nitrogen and oxygen atoms in total. The summed E-state index contributed by atoms with van der Waals surface area (Å²) in [5.74, 6) is 0. The lowest BCUT2D eigenvalue weighted by molar-refractivity contribution is -0.385. The van der Waals surface area contributed by atoms with Crippen molar-refractivity contribution in [2.45, 2.75) is 26.3 Å². The third-order valence-electron chi connectivity index (χ3n) is 2.26. The summed E-state index contributed by atoms with van der Waals surface area (Å²) in [6.07, 6.45) is -2.52. The first-order valence-corrected chi connectivity index (χ1v) is 4.72. The van der Waals surface area contributed by atoms with E-state index >= 15 is 0 Å². The summed E-state index contributed by atoms with van der Waals surface area (Å²) in [7, 11) is 0. The lowest BCUT2D eigenvalue weighted by atomic mass is 10.1. The Morgan fingerprint density at radius 2 is 2.06 bits per heavy atom. The molecule has 0 saturated carbocycles. The zero-order valence-electron chi connectivity index (χ0n) is 8.91. The van der Waals surface area contributed by atoms with E-state index in [-0.39, 0.29) is 5.69 Å². The summed E-state index contributed by atoms with van der Waals surface area (Å²) in [5.41, 5.74) is 0.647. The van der Waals surface area contributed by atoms with Gasteiger partial charge in [-0.15, -0.1) is 0 Å². The molecule has 1 rings (SSSR count). The monoisotopic (exact) mass is 230 g/mol. The molecule has 0 aliphatic heterocycles. The van der Waals surface area contributed by atoms with E-state index in [4.69, 9.17) is 0 Å². The second-order valence-electron chi connectivity index (χ2n) is 3.47. The van der Waals surface area contributed by atoms with Gasteiger partial charge in [0.1, 0.15) is 0 Å². The zero-order valence-corrected chi connectivity index (χ0v) is 8.91. The van der Waals surface area contributed by atoms with Crippen LogP contribution in [0.15, 0.2) is 18.2 Å². The maximum Gasteiger partial charge on any atom is 0.274 e. The van der Waals surface area contributed by atoms with Crippen LogP contribution in [-0.2, 0) is 0 Å². The molecule has 1 N–H and O–H groups in total. The van der Waals surface area contributed by atoms with Crippen LogP contribution in [0.4, 0.5) is 20.2 Å². The Morgan fingerprint density at radius 3 is 2.56 bits per heavy atom. The second-order valence-corrected chi connectivity index (χ2v) is 3.47. The van der Waals surface area contributed by atoms with Gasteiger partial charge < -0.3 is 5.32 Å². The molecule has 0 spiro atoms. The van der Waals surface area contributed by atoms with E-state index in [2.05, 4.69) is 5.32 Å². The number of hydrogen-bond acceptors (Lipinski definition) is 3. The normalized spacial score (nSPS) is 12.6. The highest BCUT2D eigenvalue weighted by Crippen LogP contribution is 2.26. The lowest BCUT2D eigenvalue weighted by Gasteiger charge is -2.15. The number of rotatable bonds is 4. The van der Waals surface area contributed by atoms with Gasteiger partial charge in [-0.2, -0.15) is 0 Å². The van der Waals surface area contributed by atoms with Gasteiger partial charge in [0.05, 0.1) is 11.0 Å². The topological polar surface area (TPSA) is 55.2 Å². The number of benzene rings is 1. The van der Waals surface area contributed by atoms with Crippen molar-refractivity contribution in [2.24, 2.45) is 0 Å². The largest absolute Gasteiger partial charge is 0.376 e. The van der Waals surface area contributed by atoms with Crippen LogP contribution < -0.4 is 5.32 Å². The minimum atomic E-state index is -2.52.